The summed E-state index contributed by atoms with van der Waals surface area (Å²) in [6.07, 6.45) is 3.84. The maximum atomic E-state index is 11.4. The minimum Gasteiger partial charge on any atom is -0.340 e. The van der Waals surface area contributed by atoms with Gasteiger partial charge in [0.1, 0.15) is 11.5 Å². The molecule has 0 fully saturated rings. The van der Waals surface area contributed by atoms with Crippen molar-refractivity contribution in [2.45, 2.75) is 13.8 Å². The van der Waals surface area contributed by atoms with Crippen LogP contribution in [-0.4, -0.2) is 16.3 Å². The summed E-state index contributed by atoms with van der Waals surface area (Å²) in [5.41, 5.74) is 5.21. The average Bonchev–Trinajstić information content (AvgIpc) is 2.75. The van der Waals surface area contributed by atoms with Crippen LogP contribution in [0.1, 0.15) is 32.7 Å². The van der Waals surface area contributed by atoms with Crippen LogP contribution in [0.5, 0.6) is 0 Å². The van der Waals surface area contributed by atoms with E-state index in [1.54, 1.807) is 36.4 Å². The fourth-order valence-corrected chi connectivity index (χ4v) is 2.96. The number of nitrogens with one attached hydrogen (secondary N) is 2. The lowest BCUT2D eigenvalue weighted by atomic mass is 10.0. The van der Waals surface area contributed by atoms with Crippen molar-refractivity contribution < 1.29 is 4.79 Å². The number of carbonyl (C=O) groups is 1. The number of nitriles is 2. The number of benzene rings is 2. The normalized spacial score (nSPS) is 10.3. The van der Waals surface area contributed by atoms with E-state index in [1.807, 2.05) is 32.0 Å². The minimum absolute atomic E-state index is 0.229. The Labute approximate surface area is 174 Å². The van der Waals surface area contributed by atoms with Crippen LogP contribution in [0, 0.1) is 36.5 Å². The van der Waals surface area contributed by atoms with E-state index in [1.165, 1.54) is 6.08 Å². The predicted octanol–water partition coefficient (Wildman–Crippen LogP) is 4.80. The molecule has 0 spiro atoms. The molecule has 30 heavy (non-hydrogen) atoms. The van der Waals surface area contributed by atoms with Gasteiger partial charge < -0.3 is 10.6 Å². The molecule has 2 aromatic carbocycles. The third-order valence-electron chi connectivity index (χ3n) is 4.30. The Balaban J connectivity index is 1.90. The summed E-state index contributed by atoms with van der Waals surface area (Å²) in [5, 5.41) is 23.9. The Hall–Kier alpha value is -4.49. The first-order valence-corrected chi connectivity index (χ1v) is 9.08. The second-order valence-corrected chi connectivity index (χ2v) is 6.55. The van der Waals surface area contributed by atoms with Crippen molar-refractivity contribution in [3.05, 3.63) is 76.5 Å². The minimum atomic E-state index is 0.229. The second kappa shape index (κ2) is 9.13. The Morgan fingerprint density at radius 1 is 0.967 bits per heavy atom. The topological polar surface area (TPSA) is 114 Å². The maximum Gasteiger partial charge on any atom is 0.229 e. The first-order valence-electron chi connectivity index (χ1n) is 9.08. The fraction of sp³-hybridized carbons (Fsp3) is 0.0870. The van der Waals surface area contributed by atoms with E-state index in [0.717, 1.165) is 22.4 Å². The molecule has 7 heteroatoms. The van der Waals surface area contributed by atoms with Gasteiger partial charge in [0.2, 0.25) is 5.95 Å². The highest BCUT2D eigenvalue weighted by molar-refractivity contribution is 5.77. The van der Waals surface area contributed by atoms with Crippen molar-refractivity contribution in [3.8, 4) is 12.1 Å². The van der Waals surface area contributed by atoms with Crippen LogP contribution in [0.3, 0.4) is 0 Å². The van der Waals surface area contributed by atoms with E-state index in [2.05, 4.69) is 26.7 Å². The number of aryl methyl sites for hydroxylation is 2. The molecule has 1 heterocycles. The number of aromatic nitrogens is 2. The molecule has 7 nitrogen and oxygen atoms in total. The van der Waals surface area contributed by atoms with Gasteiger partial charge >= 0.3 is 0 Å². The molecule has 0 unspecified atom stereocenters. The number of carbonyl (C=O) groups excluding carboxylic acids is 1. The standard InChI is InChI=1S/C23H18N6O/c1-15-10-18(4-3-9-24)11-16(2)22(15)28-21-12-20(14-30)27-23(29-21)26-19-7-5-17(13-25)6-8-19/h3-8,10-12,14H,1-2H3,(H2,26,27,28,29). The maximum absolute atomic E-state index is 11.4. The molecule has 0 aliphatic heterocycles. The first-order chi connectivity index (χ1) is 14.5. The van der Waals surface area contributed by atoms with Gasteiger partial charge in [-0.05, 0) is 73.0 Å². The molecule has 0 saturated heterocycles. The van der Waals surface area contributed by atoms with Gasteiger partial charge in [-0.25, -0.2) is 4.98 Å². The average molecular weight is 394 g/mol. The van der Waals surface area contributed by atoms with E-state index in [0.29, 0.717) is 23.4 Å². The zero-order chi connectivity index (χ0) is 21.5. The van der Waals surface area contributed by atoms with Crippen LogP contribution < -0.4 is 10.6 Å². The third kappa shape index (κ3) is 4.86. The van der Waals surface area contributed by atoms with Crippen molar-refractivity contribution in [2.75, 3.05) is 10.6 Å². The number of hydrogen-bond acceptors (Lipinski definition) is 7. The zero-order valence-electron chi connectivity index (χ0n) is 16.5. The molecule has 1 aromatic heterocycles. The monoisotopic (exact) mass is 394 g/mol. The number of rotatable bonds is 6. The van der Waals surface area contributed by atoms with Crippen LogP contribution in [-0.2, 0) is 0 Å². The summed E-state index contributed by atoms with van der Waals surface area (Å²) in [5.74, 6) is 0.727. The zero-order valence-corrected chi connectivity index (χ0v) is 16.5. The number of allylic oxidation sites excluding steroid dienone is 1. The van der Waals surface area contributed by atoms with Gasteiger partial charge in [0.25, 0.3) is 0 Å². The smallest absolute Gasteiger partial charge is 0.229 e. The van der Waals surface area contributed by atoms with Gasteiger partial charge in [0.15, 0.2) is 6.29 Å². The molecular weight excluding hydrogens is 376 g/mol. The van der Waals surface area contributed by atoms with Gasteiger partial charge in [0.05, 0.1) is 17.7 Å². The predicted molar refractivity (Wildman–Crippen MR) is 116 cm³/mol. The van der Waals surface area contributed by atoms with Crippen molar-refractivity contribution in [3.63, 3.8) is 0 Å². The van der Waals surface area contributed by atoms with Gasteiger partial charge in [-0.1, -0.05) is 0 Å². The molecule has 0 aliphatic rings. The van der Waals surface area contributed by atoms with Crippen LogP contribution in [0.2, 0.25) is 0 Å². The molecule has 0 radical (unpaired) electrons. The molecule has 0 saturated carbocycles. The Kier molecular flexibility index (Phi) is 6.17. The van der Waals surface area contributed by atoms with Crippen LogP contribution in [0.15, 0.2) is 48.5 Å². The SMILES string of the molecule is Cc1cc(C=CC#N)cc(C)c1Nc1cc(C=O)nc(Nc2ccc(C#N)cc2)n1. The van der Waals surface area contributed by atoms with E-state index in [-0.39, 0.29) is 11.6 Å². The van der Waals surface area contributed by atoms with Gasteiger partial charge in [-0.15, -0.1) is 0 Å². The number of anilines is 4. The molecule has 146 valence electrons. The molecule has 3 aromatic rings. The summed E-state index contributed by atoms with van der Waals surface area (Å²) in [7, 11) is 0. The van der Waals surface area contributed by atoms with Crippen molar-refractivity contribution >= 4 is 35.5 Å². The summed E-state index contributed by atoms with van der Waals surface area (Å²) >= 11 is 0. The van der Waals surface area contributed by atoms with E-state index in [4.69, 9.17) is 10.5 Å². The lowest BCUT2D eigenvalue weighted by Crippen LogP contribution is -2.05. The summed E-state index contributed by atoms with van der Waals surface area (Å²) in [6.45, 7) is 3.91. The lowest BCUT2D eigenvalue weighted by molar-refractivity contribution is 0.111. The van der Waals surface area contributed by atoms with Gasteiger partial charge in [0, 0.05) is 23.5 Å². The van der Waals surface area contributed by atoms with E-state index < -0.39 is 0 Å². The largest absolute Gasteiger partial charge is 0.340 e. The summed E-state index contributed by atoms with van der Waals surface area (Å²) < 4.78 is 0. The van der Waals surface area contributed by atoms with Crippen LogP contribution >= 0.6 is 0 Å². The molecule has 0 amide bonds. The van der Waals surface area contributed by atoms with Gasteiger partial charge in [-0.2, -0.15) is 15.5 Å². The highest BCUT2D eigenvalue weighted by Crippen LogP contribution is 2.27. The summed E-state index contributed by atoms with van der Waals surface area (Å²) in [6, 6.07) is 16.4. The number of hydrogen-bond donors (Lipinski definition) is 2. The van der Waals surface area contributed by atoms with Crippen molar-refractivity contribution in [1.29, 1.82) is 10.5 Å². The molecule has 0 bridgehead atoms. The number of nitrogens with zero attached hydrogens (tertiary/aromatic N) is 4. The molecule has 0 atom stereocenters. The van der Waals surface area contributed by atoms with Gasteiger partial charge in [-0.3, -0.25) is 4.79 Å². The van der Waals surface area contributed by atoms with Crippen LogP contribution in [0.4, 0.5) is 23.1 Å². The Bertz CT molecular complexity index is 1180. The third-order valence-corrected chi connectivity index (χ3v) is 4.30. The van der Waals surface area contributed by atoms with Crippen molar-refractivity contribution in [2.24, 2.45) is 0 Å². The van der Waals surface area contributed by atoms with E-state index in [9.17, 15) is 4.79 Å². The quantitative estimate of drug-likeness (QED) is 0.456. The number of aldehydes is 1. The van der Waals surface area contributed by atoms with E-state index >= 15 is 0 Å². The van der Waals surface area contributed by atoms with Crippen LogP contribution in [0.25, 0.3) is 6.08 Å². The Morgan fingerprint density at radius 3 is 2.27 bits per heavy atom. The summed E-state index contributed by atoms with van der Waals surface area (Å²) in [4.78, 5) is 20.0. The molecule has 2 N–H and O–H groups in total. The lowest BCUT2D eigenvalue weighted by Gasteiger charge is -2.14. The Morgan fingerprint density at radius 2 is 1.67 bits per heavy atom. The highest BCUT2D eigenvalue weighted by Gasteiger charge is 2.09. The fourth-order valence-electron chi connectivity index (χ4n) is 2.96. The molecular formula is C23H18N6O. The molecule has 0 aliphatic carbocycles. The first kappa shape index (κ1) is 20.2. The second-order valence-electron chi connectivity index (χ2n) is 6.55. The molecule has 3 rings (SSSR count). The van der Waals surface area contributed by atoms with Crippen molar-refractivity contribution in [1.82, 2.24) is 9.97 Å². The highest BCUT2D eigenvalue weighted by atomic mass is 16.1.